The highest BCUT2D eigenvalue weighted by Crippen LogP contribution is 2.01. The number of hydrogen-bond donors (Lipinski definition) is 2. The summed E-state index contributed by atoms with van der Waals surface area (Å²) in [5, 5.41) is 0.0947. The molecule has 0 aromatic carbocycles. The first kappa shape index (κ1) is 13.8. The lowest BCUT2D eigenvalue weighted by Gasteiger charge is -2.19. The third-order valence-electron chi connectivity index (χ3n) is 1.65. The molecule has 0 spiro atoms. The van der Waals surface area contributed by atoms with Crippen molar-refractivity contribution in [2.45, 2.75) is 13.8 Å². The molecule has 0 saturated heterocycles. The Morgan fingerprint density at radius 3 is 2.33 bits per heavy atom. The lowest BCUT2D eigenvalue weighted by atomic mass is 10.2. The van der Waals surface area contributed by atoms with E-state index in [0.29, 0.717) is 12.5 Å². The van der Waals surface area contributed by atoms with E-state index >= 15 is 0 Å². The summed E-state index contributed by atoms with van der Waals surface area (Å²) in [4.78, 5) is 13.2. The normalized spacial score (nSPS) is 13.1. The molecule has 4 N–H and O–H groups in total. The fraction of sp³-hybridized carbons (Fsp3) is 0.500. The maximum atomic E-state index is 11.6. The number of nitrogens with two attached hydrogens (primary N) is 2. The number of allylic oxidation sites excluding steroid dienone is 2. The van der Waals surface area contributed by atoms with Crippen LogP contribution in [0.15, 0.2) is 23.0 Å². The van der Waals surface area contributed by atoms with Crippen LogP contribution in [0.5, 0.6) is 0 Å². The van der Waals surface area contributed by atoms with Crippen LogP contribution in [0.4, 0.5) is 0 Å². The number of rotatable bonds is 4. The van der Waals surface area contributed by atoms with Crippen molar-refractivity contribution in [3.8, 4) is 0 Å². The van der Waals surface area contributed by atoms with Crippen molar-refractivity contribution in [2.24, 2.45) is 17.4 Å². The molecule has 4 nitrogen and oxygen atoms in total. The zero-order valence-corrected chi connectivity index (χ0v) is 10.1. The molecule has 0 unspecified atom stereocenters. The fourth-order valence-electron chi connectivity index (χ4n) is 1.09. The van der Waals surface area contributed by atoms with Crippen molar-refractivity contribution < 1.29 is 4.79 Å². The highest BCUT2D eigenvalue weighted by Gasteiger charge is 2.11. The highest BCUT2D eigenvalue weighted by molar-refractivity contribution is 6.29. The van der Waals surface area contributed by atoms with Crippen molar-refractivity contribution in [1.29, 1.82) is 0 Å². The molecule has 0 rings (SSSR count). The first-order chi connectivity index (χ1) is 6.84. The van der Waals surface area contributed by atoms with Crippen molar-refractivity contribution in [3.63, 3.8) is 0 Å². The lowest BCUT2D eigenvalue weighted by Crippen LogP contribution is -2.33. The zero-order valence-electron chi connectivity index (χ0n) is 9.33. The molecule has 0 heterocycles. The Morgan fingerprint density at radius 2 is 1.93 bits per heavy atom. The molecular weight excluding hydrogens is 214 g/mol. The summed E-state index contributed by atoms with van der Waals surface area (Å²) >= 11 is 5.40. The summed E-state index contributed by atoms with van der Waals surface area (Å²) in [5.74, 6) is 0.179. The van der Waals surface area contributed by atoms with Crippen LogP contribution in [0, 0.1) is 5.92 Å². The topological polar surface area (TPSA) is 72.3 Å². The Kier molecular flexibility index (Phi) is 5.86. The average molecular weight is 232 g/mol. The van der Waals surface area contributed by atoms with Crippen molar-refractivity contribution >= 4 is 17.5 Å². The van der Waals surface area contributed by atoms with Gasteiger partial charge in [0.15, 0.2) is 0 Å². The number of nitrogens with zero attached hydrogens (tertiary/aromatic N) is 1. The second-order valence-corrected chi connectivity index (χ2v) is 4.19. The van der Waals surface area contributed by atoms with E-state index in [0.717, 1.165) is 0 Å². The zero-order chi connectivity index (χ0) is 12.0. The lowest BCUT2D eigenvalue weighted by molar-refractivity contribution is -0.126. The molecule has 0 aliphatic rings. The van der Waals surface area contributed by atoms with Gasteiger partial charge in [-0.25, -0.2) is 0 Å². The summed E-state index contributed by atoms with van der Waals surface area (Å²) in [6.45, 7) is 4.72. The van der Waals surface area contributed by atoms with Crippen molar-refractivity contribution in [1.82, 2.24) is 4.90 Å². The van der Waals surface area contributed by atoms with Gasteiger partial charge in [0.2, 0.25) is 0 Å². The minimum absolute atomic E-state index is 0.0947. The van der Waals surface area contributed by atoms with E-state index in [1.54, 1.807) is 11.9 Å². The molecule has 0 fully saturated rings. The van der Waals surface area contributed by atoms with Gasteiger partial charge < -0.3 is 16.4 Å². The predicted molar refractivity (Wildman–Crippen MR) is 62.9 cm³/mol. The van der Waals surface area contributed by atoms with Gasteiger partial charge in [0.05, 0.1) is 10.9 Å². The van der Waals surface area contributed by atoms with Crippen LogP contribution >= 0.6 is 11.6 Å². The van der Waals surface area contributed by atoms with E-state index in [-0.39, 0.29) is 16.8 Å². The van der Waals surface area contributed by atoms with E-state index in [2.05, 4.69) is 0 Å². The molecule has 0 atom stereocenters. The number of likely N-dealkylation sites (N-methyl/N-ethyl adjacent to an activating group) is 1. The minimum atomic E-state index is -0.224. The second-order valence-electron chi connectivity index (χ2n) is 3.75. The van der Waals surface area contributed by atoms with Crippen LogP contribution in [0.2, 0.25) is 0 Å². The monoisotopic (exact) mass is 231 g/mol. The maximum Gasteiger partial charge on any atom is 0.269 e. The number of carbonyl (C=O) groups is 1. The van der Waals surface area contributed by atoms with Crippen molar-refractivity contribution in [3.05, 3.63) is 23.0 Å². The minimum Gasteiger partial charge on any atom is -0.394 e. The summed E-state index contributed by atoms with van der Waals surface area (Å²) in [7, 11) is 1.71. The molecule has 15 heavy (non-hydrogen) atoms. The third-order valence-corrected chi connectivity index (χ3v) is 1.78. The van der Waals surface area contributed by atoms with Gasteiger partial charge >= 0.3 is 0 Å². The number of halogens is 1. The molecule has 0 aromatic heterocycles. The van der Waals surface area contributed by atoms with E-state index in [4.69, 9.17) is 23.1 Å². The Morgan fingerprint density at radius 1 is 1.40 bits per heavy atom. The third kappa shape index (κ3) is 6.01. The van der Waals surface area contributed by atoms with Gasteiger partial charge in [0.1, 0.15) is 0 Å². The number of hydrogen-bond acceptors (Lipinski definition) is 3. The quantitative estimate of drug-likeness (QED) is 0.431. The van der Waals surface area contributed by atoms with E-state index in [9.17, 15) is 4.79 Å². The first-order valence-electron chi connectivity index (χ1n) is 4.68. The molecule has 0 aliphatic carbocycles. The molecule has 1 amide bonds. The van der Waals surface area contributed by atoms with Crippen molar-refractivity contribution in [2.75, 3.05) is 13.6 Å². The van der Waals surface area contributed by atoms with Gasteiger partial charge in [0.25, 0.3) is 5.91 Å². The van der Waals surface area contributed by atoms with Crippen LogP contribution in [-0.2, 0) is 4.79 Å². The maximum absolute atomic E-state index is 11.6. The van der Waals surface area contributed by atoms with E-state index < -0.39 is 0 Å². The summed E-state index contributed by atoms with van der Waals surface area (Å²) in [6.07, 6.45) is 2.79. The fourth-order valence-corrected chi connectivity index (χ4v) is 1.15. The standard InChI is InChI=1S/C10H18ClN3O/c1-7(2)6-14(3)10(15)8(12)4-5-9(11)13/h4-5,7H,6,12-13H2,1-3H3/b8-4-,9-5-. The van der Waals surface area contributed by atoms with E-state index in [1.807, 2.05) is 13.8 Å². The van der Waals surface area contributed by atoms with Gasteiger partial charge in [-0.2, -0.15) is 0 Å². The Bertz CT molecular complexity index is 280. The van der Waals surface area contributed by atoms with Crippen LogP contribution in [-0.4, -0.2) is 24.4 Å². The summed E-state index contributed by atoms with van der Waals surface area (Å²) in [5.41, 5.74) is 10.9. The molecule has 0 aromatic rings. The molecule has 0 saturated carbocycles. The smallest absolute Gasteiger partial charge is 0.269 e. The molecule has 0 radical (unpaired) electrons. The van der Waals surface area contributed by atoms with Gasteiger partial charge in [-0.3, -0.25) is 4.79 Å². The predicted octanol–water partition coefficient (Wildman–Crippen LogP) is 0.982. The van der Waals surface area contributed by atoms with Crippen LogP contribution in [0.1, 0.15) is 13.8 Å². The SMILES string of the molecule is CC(C)CN(C)C(=O)/C(N)=C/C=C(\N)Cl. The first-order valence-corrected chi connectivity index (χ1v) is 5.06. The van der Waals surface area contributed by atoms with Crippen LogP contribution < -0.4 is 11.5 Å². The Labute approximate surface area is 95.5 Å². The summed E-state index contributed by atoms with van der Waals surface area (Å²) < 4.78 is 0. The summed E-state index contributed by atoms with van der Waals surface area (Å²) in [6, 6.07) is 0. The molecule has 5 heteroatoms. The molecule has 86 valence electrons. The largest absolute Gasteiger partial charge is 0.394 e. The number of carbonyl (C=O) groups excluding carboxylic acids is 1. The van der Waals surface area contributed by atoms with Crippen LogP contribution in [0.3, 0.4) is 0 Å². The van der Waals surface area contributed by atoms with Gasteiger partial charge in [-0.05, 0) is 18.1 Å². The highest BCUT2D eigenvalue weighted by atomic mass is 35.5. The van der Waals surface area contributed by atoms with Gasteiger partial charge in [-0.15, -0.1) is 0 Å². The second kappa shape index (κ2) is 6.35. The number of amides is 1. The van der Waals surface area contributed by atoms with Crippen LogP contribution in [0.25, 0.3) is 0 Å². The average Bonchev–Trinajstić information content (AvgIpc) is 2.11. The molecule has 0 bridgehead atoms. The van der Waals surface area contributed by atoms with Gasteiger partial charge in [-0.1, -0.05) is 25.4 Å². The molecule has 0 aliphatic heterocycles. The molecular formula is C10H18ClN3O. The Hall–Kier alpha value is -1.16. The Balaban J connectivity index is 4.44. The van der Waals surface area contributed by atoms with E-state index in [1.165, 1.54) is 12.2 Å². The van der Waals surface area contributed by atoms with Gasteiger partial charge in [0, 0.05) is 13.6 Å².